The Hall–Kier alpha value is -0.120. The van der Waals surface area contributed by atoms with Gasteiger partial charge in [-0.25, -0.2) is 0 Å². The molecule has 2 aliphatic rings. The van der Waals surface area contributed by atoms with Crippen molar-refractivity contribution in [2.24, 2.45) is 17.6 Å². The molecule has 0 aromatic rings. The molecule has 0 amide bonds. The Morgan fingerprint density at radius 2 is 1.82 bits per heavy atom. The van der Waals surface area contributed by atoms with Crippen LogP contribution in [0.15, 0.2) is 0 Å². The van der Waals surface area contributed by atoms with Crippen molar-refractivity contribution in [2.45, 2.75) is 50.6 Å². The van der Waals surface area contributed by atoms with E-state index >= 15 is 0 Å². The van der Waals surface area contributed by atoms with Gasteiger partial charge >= 0.3 is 0 Å². The Morgan fingerprint density at radius 3 is 2.41 bits per heavy atom. The maximum absolute atomic E-state index is 6.01. The van der Waals surface area contributed by atoms with Gasteiger partial charge < -0.3 is 16.0 Å². The quantitative estimate of drug-likeness (QED) is 0.783. The molecule has 17 heavy (non-hydrogen) atoms. The van der Waals surface area contributed by atoms with Gasteiger partial charge in [-0.3, -0.25) is 0 Å². The lowest BCUT2D eigenvalue weighted by Crippen LogP contribution is -2.48. The molecule has 0 spiro atoms. The van der Waals surface area contributed by atoms with Gasteiger partial charge in [0, 0.05) is 18.6 Å². The predicted octanol–water partition coefficient (Wildman–Crippen LogP) is 1.43. The van der Waals surface area contributed by atoms with Gasteiger partial charge in [0.15, 0.2) is 0 Å². The van der Waals surface area contributed by atoms with Gasteiger partial charge in [0.1, 0.15) is 0 Å². The molecule has 3 nitrogen and oxygen atoms in total. The van der Waals surface area contributed by atoms with Crippen molar-refractivity contribution in [1.29, 1.82) is 0 Å². The van der Waals surface area contributed by atoms with Crippen molar-refractivity contribution in [3.8, 4) is 0 Å². The van der Waals surface area contributed by atoms with Gasteiger partial charge in [-0.1, -0.05) is 0 Å². The molecule has 2 unspecified atom stereocenters. The van der Waals surface area contributed by atoms with E-state index in [0.717, 1.165) is 11.8 Å². The van der Waals surface area contributed by atoms with E-state index in [-0.39, 0.29) is 0 Å². The topological polar surface area (TPSA) is 41.3 Å². The minimum absolute atomic E-state index is 0.470. The van der Waals surface area contributed by atoms with E-state index in [9.17, 15) is 0 Å². The van der Waals surface area contributed by atoms with Gasteiger partial charge in [-0.2, -0.15) is 0 Å². The molecule has 1 heterocycles. The Labute approximate surface area is 106 Å². The second kappa shape index (κ2) is 6.17. The molecular weight excluding hydrogens is 210 g/mol. The summed E-state index contributed by atoms with van der Waals surface area (Å²) in [6, 6.07) is 1.18. The Balaban J connectivity index is 1.90. The minimum Gasteiger partial charge on any atom is -0.328 e. The summed E-state index contributed by atoms with van der Waals surface area (Å²) in [7, 11) is 4.41. The van der Waals surface area contributed by atoms with Crippen molar-refractivity contribution in [3.63, 3.8) is 0 Å². The lowest BCUT2D eigenvalue weighted by atomic mass is 9.75. The summed E-state index contributed by atoms with van der Waals surface area (Å²) >= 11 is 0. The smallest absolute Gasteiger partial charge is 0.0133 e. The second-order valence-corrected chi connectivity index (χ2v) is 6.15. The zero-order valence-electron chi connectivity index (χ0n) is 11.5. The molecule has 3 N–H and O–H groups in total. The summed E-state index contributed by atoms with van der Waals surface area (Å²) in [5.74, 6) is 1.70. The molecule has 0 radical (unpaired) electrons. The third-order valence-electron chi connectivity index (χ3n) is 4.83. The summed E-state index contributed by atoms with van der Waals surface area (Å²) in [6.07, 6.45) is 7.88. The molecule has 1 saturated heterocycles. The fourth-order valence-corrected chi connectivity index (χ4v) is 3.86. The summed E-state index contributed by atoms with van der Waals surface area (Å²) < 4.78 is 0. The fraction of sp³-hybridized carbons (Fsp3) is 1.00. The minimum atomic E-state index is 0.470. The van der Waals surface area contributed by atoms with Crippen LogP contribution in [-0.4, -0.2) is 44.2 Å². The van der Waals surface area contributed by atoms with Crippen LogP contribution in [0.25, 0.3) is 0 Å². The van der Waals surface area contributed by atoms with E-state index in [1.807, 2.05) is 0 Å². The molecule has 2 fully saturated rings. The second-order valence-electron chi connectivity index (χ2n) is 6.15. The van der Waals surface area contributed by atoms with Crippen molar-refractivity contribution in [2.75, 3.05) is 27.2 Å². The van der Waals surface area contributed by atoms with Gasteiger partial charge in [-0.05, 0) is 71.0 Å². The third kappa shape index (κ3) is 3.43. The Bertz CT molecular complexity index is 224. The molecule has 2 atom stereocenters. The van der Waals surface area contributed by atoms with Crippen molar-refractivity contribution < 1.29 is 0 Å². The highest BCUT2D eigenvalue weighted by atomic mass is 15.1. The predicted molar refractivity (Wildman–Crippen MR) is 73.0 cm³/mol. The van der Waals surface area contributed by atoms with E-state index in [0.29, 0.717) is 12.1 Å². The number of nitrogens with two attached hydrogens (primary N) is 1. The van der Waals surface area contributed by atoms with Crippen LogP contribution in [-0.2, 0) is 0 Å². The summed E-state index contributed by atoms with van der Waals surface area (Å²) in [4.78, 5) is 2.49. The largest absolute Gasteiger partial charge is 0.328 e. The summed E-state index contributed by atoms with van der Waals surface area (Å²) in [5.41, 5.74) is 6.01. The molecule has 0 aromatic heterocycles. The van der Waals surface area contributed by atoms with Crippen LogP contribution in [0.5, 0.6) is 0 Å². The lowest BCUT2D eigenvalue weighted by molar-refractivity contribution is 0.129. The first-order chi connectivity index (χ1) is 8.20. The normalized spacial score (nSPS) is 37.9. The highest BCUT2D eigenvalue weighted by Gasteiger charge is 2.32. The van der Waals surface area contributed by atoms with Crippen LogP contribution in [0.3, 0.4) is 0 Å². The van der Waals surface area contributed by atoms with Crippen LogP contribution >= 0.6 is 0 Å². The average Bonchev–Trinajstić information content (AvgIpc) is 2.33. The first-order valence-corrected chi connectivity index (χ1v) is 7.32. The van der Waals surface area contributed by atoms with Gasteiger partial charge in [0.25, 0.3) is 0 Å². The highest BCUT2D eigenvalue weighted by Crippen LogP contribution is 2.32. The Morgan fingerprint density at radius 1 is 1.12 bits per heavy atom. The summed E-state index contributed by atoms with van der Waals surface area (Å²) in [5, 5.41) is 3.61. The van der Waals surface area contributed by atoms with Crippen LogP contribution < -0.4 is 11.1 Å². The number of likely N-dealkylation sites (tertiary alicyclic amines) is 1. The molecule has 0 aromatic carbocycles. The number of piperidine rings is 1. The van der Waals surface area contributed by atoms with Crippen molar-refractivity contribution in [3.05, 3.63) is 0 Å². The third-order valence-corrected chi connectivity index (χ3v) is 4.83. The number of nitrogens with zero attached hydrogens (tertiary/aromatic N) is 1. The van der Waals surface area contributed by atoms with Crippen molar-refractivity contribution >= 4 is 0 Å². The first-order valence-electron chi connectivity index (χ1n) is 7.32. The highest BCUT2D eigenvalue weighted by molar-refractivity contribution is 4.89. The molecule has 3 heteroatoms. The zero-order valence-corrected chi connectivity index (χ0v) is 11.5. The van der Waals surface area contributed by atoms with Crippen LogP contribution in [0.4, 0.5) is 0 Å². The molecule has 1 aliphatic heterocycles. The molecular formula is C14H29N3. The number of nitrogens with one attached hydrogen (secondary N) is 1. The zero-order chi connectivity index (χ0) is 12.3. The first kappa shape index (κ1) is 13.3. The number of hydrogen-bond acceptors (Lipinski definition) is 3. The average molecular weight is 239 g/mol. The maximum atomic E-state index is 6.01. The number of hydrogen-bond donors (Lipinski definition) is 2. The van der Waals surface area contributed by atoms with Gasteiger partial charge in [0.05, 0.1) is 0 Å². The van der Waals surface area contributed by atoms with Crippen molar-refractivity contribution in [1.82, 2.24) is 10.2 Å². The van der Waals surface area contributed by atoms with E-state index in [2.05, 4.69) is 24.3 Å². The maximum Gasteiger partial charge on any atom is 0.0133 e. The number of rotatable bonds is 3. The van der Waals surface area contributed by atoms with Crippen LogP contribution in [0.1, 0.15) is 38.5 Å². The monoisotopic (exact) mass is 239 g/mol. The van der Waals surface area contributed by atoms with Crippen LogP contribution in [0, 0.1) is 11.8 Å². The van der Waals surface area contributed by atoms with E-state index in [4.69, 9.17) is 5.73 Å². The molecule has 1 saturated carbocycles. The molecule has 0 bridgehead atoms. The van der Waals surface area contributed by atoms with E-state index in [1.165, 1.54) is 51.6 Å². The lowest BCUT2D eigenvalue weighted by Gasteiger charge is -2.41. The summed E-state index contributed by atoms with van der Waals surface area (Å²) in [6.45, 7) is 2.55. The van der Waals surface area contributed by atoms with E-state index < -0.39 is 0 Å². The molecule has 2 rings (SSSR count). The SMILES string of the molecule is CNC(C1CCC(N)CC1)C1CCCN(C)C1. The molecule has 100 valence electrons. The molecule has 1 aliphatic carbocycles. The Kier molecular flexibility index (Phi) is 4.83. The van der Waals surface area contributed by atoms with E-state index in [1.54, 1.807) is 0 Å². The standard InChI is InChI=1S/C14H29N3/c1-16-14(11-5-7-13(15)8-6-11)12-4-3-9-17(2)10-12/h11-14,16H,3-10,15H2,1-2H3. The van der Waals surface area contributed by atoms with Gasteiger partial charge in [-0.15, -0.1) is 0 Å². The fourth-order valence-electron chi connectivity index (χ4n) is 3.86. The van der Waals surface area contributed by atoms with Gasteiger partial charge in [0.2, 0.25) is 0 Å². The van der Waals surface area contributed by atoms with Crippen LogP contribution in [0.2, 0.25) is 0 Å².